The first-order valence-corrected chi connectivity index (χ1v) is 7.27. The first-order valence-electron chi connectivity index (χ1n) is 7.27. The third-order valence-electron chi connectivity index (χ3n) is 2.84. The second kappa shape index (κ2) is 12.5. The quantitative estimate of drug-likeness (QED) is 0.346. The van der Waals surface area contributed by atoms with Crippen LogP contribution in [0.5, 0.6) is 0 Å². The lowest BCUT2D eigenvalue weighted by Gasteiger charge is -2.03. The van der Waals surface area contributed by atoms with Crippen molar-refractivity contribution < 1.29 is 9.53 Å². The Hall–Kier alpha value is -0.990. The van der Waals surface area contributed by atoms with E-state index >= 15 is 0 Å². The predicted octanol–water partition coefficient (Wildman–Crippen LogP) is 3.92. The molecule has 0 unspecified atom stereocenters. The third kappa shape index (κ3) is 13.1. The summed E-state index contributed by atoms with van der Waals surface area (Å²) in [6.45, 7) is 4.43. The average molecular weight is 255 g/mol. The van der Waals surface area contributed by atoms with Crippen molar-refractivity contribution in [2.24, 2.45) is 5.73 Å². The molecule has 3 nitrogen and oxygen atoms in total. The molecule has 0 aliphatic carbocycles. The SMILES string of the molecule is CCCCCCCCCCCOC(=O)/C=C(/C)N. The summed E-state index contributed by atoms with van der Waals surface area (Å²) < 4.78 is 5.02. The fraction of sp³-hybridized carbons (Fsp3) is 0.800. The zero-order chi connectivity index (χ0) is 13.6. The molecular weight excluding hydrogens is 226 g/mol. The first-order chi connectivity index (χ1) is 8.66. The van der Waals surface area contributed by atoms with E-state index in [0.717, 1.165) is 12.8 Å². The summed E-state index contributed by atoms with van der Waals surface area (Å²) >= 11 is 0. The number of unbranched alkanes of at least 4 members (excludes halogenated alkanes) is 8. The number of nitrogens with two attached hydrogens (primary N) is 1. The normalized spacial score (nSPS) is 11.6. The van der Waals surface area contributed by atoms with Gasteiger partial charge in [0.05, 0.1) is 6.61 Å². The minimum absolute atomic E-state index is 0.324. The maximum absolute atomic E-state index is 11.1. The summed E-state index contributed by atoms with van der Waals surface area (Å²) in [6, 6.07) is 0. The molecule has 0 amide bonds. The van der Waals surface area contributed by atoms with E-state index in [1.54, 1.807) is 6.92 Å². The molecule has 0 heterocycles. The lowest BCUT2D eigenvalue weighted by Crippen LogP contribution is -2.05. The highest BCUT2D eigenvalue weighted by atomic mass is 16.5. The van der Waals surface area contributed by atoms with Crippen molar-refractivity contribution >= 4 is 5.97 Å². The zero-order valence-corrected chi connectivity index (χ0v) is 12.0. The summed E-state index contributed by atoms with van der Waals surface area (Å²) in [5.41, 5.74) is 5.87. The second-order valence-corrected chi connectivity index (χ2v) is 4.88. The summed E-state index contributed by atoms with van der Waals surface area (Å²) in [6.07, 6.45) is 12.7. The number of ether oxygens (including phenoxy) is 1. The highest BCUT2D eigenvalue weighted by molar-refractivity contribution is 5.82. The Labute approximate surface area is 112 Å². The second-order valence-electron chi connectivity index (χ2n) is 4.88. The van der Waals surface area contributed by atoms with Gasteiger partial charge in [-0.25, -0.2) is 4.79 Å². The Morgan fingerprint density at radius 2 is 1.50 bits per heavy atom. The third-order valence-corrected chi connectivity index (χ3v) is 2.84. The number of esters is 1. The number of carbonyl (C=O) groups is 1. The molecule has 0 aromatic rings. The topological polar surface area (TPSA) is 52.3 Å². The molecule has 106 valence electrons. The molecule has 0 bridgehead atoms. The van der Waals surface area contributed by atoms with E-state index in [1.165, 1.54) is 51.0 Å². The summed E-state index contributed by atoms with van der Waals surface area (Å²) in [5.74, 6) is -0.324. The lowest BCUT2D eigenvalue weighted by atomic mass is 10.1. The Morgan fingerprint density at radius 1 is 1.00 bits per heavy atom. The van der Waals surface area contributed by atoms with Crippen molar-refractivity contribution in [2.45, 2.75) is 71.6 Å². The van der Waals surface area contributed by atoms with Crippen LogP contribution in [-0.2, 0) is 9.53 Å². The van der Waals surface area contributed by atoms with Crippen LogP contribution in [-0.4, -0.2) is 12.6 Å². The van der Waals surface area contributed by atoms with Gasteiger partial charge in [0.2, 0.25) is 0 Å². The minimum Gasteiger partial charge on any atom is -0.462 e. The van der Waals surface area contributed by atoms with Gasteiger partial charge >= 0.3 is 5.97 Å². The van der Waals surface area contributed by atoms with Crippen LogP contribution in [0.15, 0.2) is 11.8 Å². The molecule has 0 aromatic carbocycles. The monoisotopic (exact) mass is 255 g/mol. The number of hydrogen-bond acceptors (Lipinski definition) is 3. The van der Waals surface area contributed by atoms with Crippen molar-refractivity contribution in [1.82, 2.24) is 0 Å². The van der Waals surface area contributed by atoms with Crippen LogP contribution in [0, 0.1) is 0 Å². The largest absolute Gasteiger partial charge is 0.462 e. The number of hydrogen-bond donors (Lipinski definition) is 1. The predicted molar refractivity (Wildman–Crippen MR) is 76.1 cm³/mol. The number of allylic oxidation sites excluding steroid dienone is 1. The number of carbonyl (C=O) groups excluding carboxylic acids is 1. The first kappa shape index (κ1) is 17.0. The van der Waals surface area contributed by atoms with E-state index in [9.17, 15) is 4.79 Å². The highest BCUT2D eigenvalue weighted by Gasteiger charge is 1.97. The van der Waals surface area contributed by atoms with Gasteiger partial charge in [0.15, 0.2) is 0 Å². The van der Waals surface area contributed by atoms with E-state index in [-0.39, 0.29) is 5.97 Å². The maximum Gasteiger partial charge on any atom is 0.332 e. The van der Waals surface area contributed by atoms with Crippen molar-refractivity contribution in [2.75, 3.05) is 6.61 Å². The minimum atomic E-state index is -0.324. The molecule has 0 radical (unpaired) electrons. The molecule has 0 atom stereocenters. The Bertz CT molecular complexity index is 233. The van der Waals surface area contributed by atoms with Crippen LogP contribution < -0.4 is 5.73 Å². The maximum atomic E-state index is 11.1. The van der Waals surface area contributed by atoms with Crippen molar-refractivity contribution in [3.05, 3.63) is 11.8 Å². The highest BCUT2D eigenvalue weighted by Crippen LogP contribution is 2.09. The van der Waals surface area contributed by atoms with E-state index in [2.05, 4.69) is 6.92 Å². The van der Waals surface area contributed by atoms with E-state index in [1.807, 2.05) is 0 Å². The van der Waals surface area contributed by atoms with Gasteiger partial charge in [-0.2, -0.15) is 0 Å². The van der Waals surface area contributed by atoms with Gasteiger partial charge in [0.1, 0.15) is 0 Å². The van der Waals surface area contributed by atoms with Gasteiger partial charge in [0.25, 0.3) is 0 Å². The average Bonchev–Trinajstić information content (AvgIpc) is 2.30. The van der Waals surface area contributed by atoms with Crippen LogP contribution in [0.3, 0.4) is 0 Å². The summed E-state index contributed by atoms with van der Waals surface area (Å²) in [7, 11) is 0. The molecule has 0 spiro atoms. The smallest absolute Gasteiger partial charge is 0.332 e. The van der Waals surface area contributed by atoms with E-state index in [4.69, 9.17) is 10.5 Å². The zero-order valence-electron chi connectivity index (χ0n) is 12.0. The Kier molecular flexibility index (Phi) is 11.8. The summed E-state index contributed by atoms with van der Waals surface area (Å²) in [5, 5.41) is 0. The van der Waals surface area contributed by atoms with Crippen LogP contribution in [0.1, 0.15) is 71.6 Å². The van der Waals surface area contributed by atoms with E-state index < -0.39 is 0 Å². The molecule has 0 aliphatic heterocycles. The standard InChI is InChI=1S/C15H29NO2/c1-3-4-5-6-7-8-9-10-11-12-18-15(17)13-14(2)16/h13H,3-12,16H2,1-2H3/b14-13-. The van der Waals surface area contributed by atoms with Crippen LogP contribution in [0.4, 0.5) is 0 Å². The molecule has 3 heteroatoms. The van der Waals surface area contributed by atoms with Gasteiger partial charge in [-0.3, -0.25) is 0 Å². The molecule has 0 saturated heterocycles. The van der Waals surface area contributed by atoms with Crippen molar-refractivity contribution in [3.8, 4) is 0 Å². The lowest BCUT2D eigenvalue weighted by molar-refractivity contribution is -0.137. The van der Waals surface area contributed by atoms with Crippen LogP contribution in [0.2, 0.25) is 0 Å². The summed E-state index contributed by atoms with van der Waals surface area (Å²) in [4.78, 5) is 11.1. The van der Waals surface area contributed by atoms with Crippen molar-refractivity contribution in [3.63, 3.8) is 0 Å². The number of rotatable bonds is 11. The Balaban J connectivity index is 3.16. The molecule has 18 heavy (non-hydrogen) atoms. The molecule has 2 N–H and O–H groups in total. The van der Waals surface area contributed by atoms with Gasteiger partial charge in [-0.05, 0) is 13.3 Å². The van der Waals surface area contributed by atoms with Crippen LogP contribution in [0.25, 0.3) is 0 Å². The van der Waals surface area contributed by atoms with Gasteiger partial charge in [-0.15, -0.1) is 0 Å². The van der Waals surface area contributed by atoms with Crippen molar-refractivity contribution in [1.29, 1.82) is 0 Å². The molecule has 0 aliphatic rings. The fourth-order valence-corrected chi connectivity index (χ4v) is 1.81. The molecule has 0 saturated carbocycles. The fourth-order valence-electron chi connectivity index (χ4n) is 1.81. The van der Waals surface area contributed by atoms with Crippen LogP contribution >= 0.6 is 0 Å². The van der Waals surface area contributed by atoms with E-state index in [0.29, 0.717) is 12.3 Å². The Morgan fingerprint density at radius 3 is 2.00 bits per heavy atom. The van der Waals surface area contributed by atoms with Gasteiger partial charge < -0.3 is 10.5 Å². The molecule has 0 fully saturated rings. The molecule has 0 rings (SSSR count). The molecule has 0 aromatic heterocycles. The van der Waals surface area contributed by atoms with Gasteiger partial charge in [-0.1, -0.05) is 58.3 Å². The molecular formula is C15H29NO2. The van der Waals surface area contributed by atoms with Gasteiger partial charge in [0, 0.05) is 11.8 Å².